The zero-order chi connectivity index (χ0) is 25.4. The highest BCUT2D eigenvalue weighted by Crippen LogP contribution is 2.88. The van der Waals surface area contributed by atoms with Gasteiger partial charge in [-0.25, -0.2) is 0 Å². The first-order valence-electron chi connectivity index (χ1n) is 15.3. The summed E-state index contributed by atoms with van der Waals surface area (Å²) < 4.78 is 5.85. The van der Waals surface area contributed by atoms with E-state index in [2.05, 4.69) is 60.7 Å². The van der Waals surface area contributed by atoms with Crippen LogP contribution in [0.5, 0.6) is 0 Å². The molecule has 0 saturated heterocycles. The Labute approximate surface area is 225 Å². The van der Waals surface area contributed by atoms with Gasteiger partial charge in [0.05, 0.1) is 12.5 Å². The highest BCUT2D eigenvalue weighted by atomic mass is 16.5. The molecular weight excluding hydrogens is 468 g/mol. The third-order valence-electron chi connectivity index (χ3n) is 13.7. The smallest absolute Gasteiger partial charge is 0.312 e. The van der Waals surface area contributed by atoms with Crippen molar-refractivity contribution >= 4 is 11.8 Å². The van der Waals surface area contributed by atoms with E-state index < -0.39 is 5.41 Å². The van der Waals surface area contributed by atoms with E-state index in [0.717, 1.165) is 25.7 Å². The molecule has 12 unspecified atom stereocenters. The van der Waals surface area contributed by atoms with Gasteiger partial charge in [0.2, 0.25) is 0 Å². The van der Waals surface area contributed by atoms with E-state index >= 15 is 0 Å². The number of ketones is 1. The number of Topliss-reactive ketones (excluding diaryl/α,β-unsaturated/α-hetero) is 1. The third-order valence-corrected chi connectivity index (χ3v) is 13.7. The monoisotopic (exact) mass is 506 g/mol. The lowest BCUT2D eigenvalue weighted by molar-refractivity contribution is -0.162. The number of carbonyl (C=O) groups excluding carboxylic acids is 2. The van der Waals surface area contributed by atoms with Crippen LogP contribution in [0.25, 0.3) is 0 Å². The first-order chi connectivity index (χ1) is 18.6. The molecule has 0 spiro atoms. The van der Waals surface area contributed by atoms with Gasteiger partial charge in [-0.2, -0.15) is 0 Å². The van der Waals surface area contributed by atoms with Crippen LogP contribution in [0.15, 0.2) is 60.7 Å². The Kier molecular flexibility index (Phi) is 4.36. The van der Waals surface area contributed by atoms with Gasteiger partial charge in [-0.3, -0.25) is 9.59 Å². The molecule has 7 saturated carbocycles. The number of esters is 1. The molecule has 0 aromatic heterocycles. The quantitative estimate of drug-likeness (QED) is 0.467. The van der Waals surface area contributed by atoms with Crippen LogP contribution in [0.1, 0.15) is 43.2 Å². The zero-order valence-corrected chi connectivity index (χ0v) is 22.3. The van der Waals surface area contributed by atoms with Crippen molar-refractivity contribution in [1.82, 2.24) is 0 Å². The highest BCUT2D eigenvalue weighted by molar-refractivity contribution is 5.93. The predicted molar refractivity (Wildman–Crippen MR) is 144 cm³/mol. The van der Waals surface area contributed by atoms with Gasteiger partial charge in [-0.15, -0.1) is 0 Å². The minimum atomic E-state index is -0.431. The summed E-state index contributed by atoms with van der Waals surface area (Å²) in [6, 6.07) is 21.7. The standard InChI is InChI=1S/C35H38O3/c1-38-33(37)35(18-20-11-6-3-7-12-20)29-22-14-8-13-21(22)28-26(29)27-30(35)23-15-16-24-25(23)31(27)34(28,32(24)36)17-19-9-4-2-5-10-19/h2-7,9-12,21-31H,8,13-18H2,1H3/t21?,22?,23?,24?,25?,26?,27?,28?,29?,30?,31?,34?,35-/m1/s1. The van der Waals surface area contributed by atoms with E-state index in [1.807, 2.05) is 0 Å². The first-order valence-corrected chi connectivity index (χ1v) is 15.3. The van der Waals surface area contributed by atoms with E-state index in [-0.39, 0.29) is 17.3 Å². The maximum absolute atomic E-state index is 14.8. The lowest BCUT2D eigenvalue weighted by atomic mass is 9.60. The van der Waals surface area contributed by atoms with Gasteiger partial charge in [-0.1, -0.05) is 67.1 Å². The lowest BCUT2D eigenvalue weighted by Crippen LogP contribution is -2.48. The van der Waals surface area contributed by atoms with Gasteiger partial charge < -0.3 is 4.74 Å². The normalized spacial score (nSPS) is 50.0. The van der Waals surface area contributed by atoms with E-state index in [1.165, 1.54) is 30.4 Å². The van der Waals surface area contributed by atoms with Crippen molar-refractivity contribution < 1.29 is 14.3 Å². The van der Waals surface area contributed by atoms with Crippen molar-refractivity contribution in [3.63, 3.8) is 0 Å². The predicted octanol–water partition coefficient (Wildman–Crippen LogP) is 6.01. The largest absolute Gasteiger partial charge is 0.469 e. The van der Waals surface area contributed by atoms with E-state index in [1.54, 1.807) is 7.11 Å². The lowest BCUT2D eigenvalue weighted by Gasteiger charge is -2.42. The van der Waals surface area contributed by atoms with Gasteiger partial charge in [-0.05, 0) is 109 Å². The number of hydrogen-bond acceptors (Lipinski definition) is 3. The minimum absolute atomic E-state index is 0.0699. The van der Waals surface area contributed by atoms with Gasteiger partial charge in [0.25, 0.3) is 0 Å². The molecule has 7 aliphatic rings. The Morgan fingerprint density at radius 3 is 2.03 bits per heavy atom. The average Bonchev–Trinajstić information content (AvgIpc) is 3.75. The van der Waals surface area contributed by atoms with E-state index in [9.17, 15) is 9.59 Å². The van der Waals surface area contributed by atoms with E-state index in [4.69, 9.17) is 4.74 Å². The molecule has 0 amide bonds. The summed E-state index contributed by atoms with van der Waals surface area (Å²) in [6.45, 7) is 0. The summed E-state index contributed by atoms with van der Waals surface area (Å²) >= 11 is 0. The molecule has 2 aromatic carbocycles. The Morgan fingerprint density at radius 1 is 0.737 bits per heavy atom. The molecular formula is C35H38O3. The van der Waals surface area contributed by atoms with Gasteiger partial charge in [0, 0.05) is 11.3 Å². The number of methoxy groups -OCH3 is 1. The molecule has 13 atom stereocenters. The molecule has 0 radical (unpaired) electrons. The number of ether oxygens (including phenoxy) is 1. The molecule has 3 nitrogen and oxygen atoms in total. The summed E-state index contributed by atoms with van der Waals surface area (Å²) in [5, 5.41) is 0. The van der Waals surface area contributed by atoms with E-state index in [0.29, 0.717) is 65.0 Å². The van der Waals surface area contributed by atoms with Crippen LogP contribution in [-0.2, 0) is 27.2 Å². The van der Waals surface area contributed by atoms with Crippen molar-refractivity contribution in [1.29, 1.82) is 0 Å². The van der Waals surface area contributed by atoms with Crippen molar-refractivity contribution in [2.45, 2.75) is 44.9 Å². The second kappa shape index (κ2) is 7.40. The summed E-state index contributed by atoms with van der Waals surface area (Å²) in [5.74, 6) is 5.82. The highest BCUT2D eigenvalue weighted by Gasteiger charge is 2.89. The van der Waals surface area contributed by atoms with Crippen LogP contribution < -0.4 is 0 Å². The number of rotatable bonds is 5. The summed E-state index contributed by atoms with van der Waals surface area (Å²) in [6.07, 6.45) is 7.66. The molecule has 38 heavy (non-hydrogen) atoms. The maximum atomic E-state index is 14.8. The Balaban J connectivity index is 1.28. The second-order valence-electron chi connectivity index (χ2n) is 14.2. The molecule has 9 rings (SSSR count). The third kappa shape index (κ3) is 2.30. The van der Waals surface area contributed by atoms with Crippen molar-refractivity contribution in [3.8, 4) is 0 Å². The Bertz CT molecular complexity index is 1310. The van der Waals surface area contributed by atoms with Crippen molar-refractivity contribution in [3.05, 3.63) is 71.8 Å². The van der Waals surface area contributed by atoms with Crippen LogP contribution in [-0.4, -0.2) is 18.9 Å². The van der Waals surface area contributed by atoms with Crippen molar-refractivity contribution in [2.75, 3.05) is 7.11 Å². The average molecular weight is 507 g/mol. The zero-order valence-electron chi connectivity index (χ0n) is 22.3. The molecule has 7 fully saturated rings. The van der Waals surface area contributed by atoms with Crippen LogP contribution in [0, 0.1) is 75.9 Å². The summed E-state index contributed by atoms with van der Waals surface area (Å²) in [4.78, 5) is 29.1. The number of hydrogen-bond donors (Lipinski definition) is 0. The van der Waals surface area contributed by atoms with Gasteiger partial charge in [0.1, 0.15) is 5.78 Å². The Hall–Kier alpha value is -2.42. The number of carbonyl (C=O) groups is 2. The van der Waals surface area contributed by atoms with Crippen molar-refractivity contribution in [2.24, 2.45) is 75.9 Å². The first kappa shape index (κ1) is 22.4. The van der Waals surface area contributed by atoms with Crippen LogP contribution in [0.2, 0.25) is 0 Å². The molecule has 0 bridgehead atoms. The van der Waals surface area contributed by atoms with Crippen LogP contribution >= 0.6 is 0 Å². The number of fused-ring (bicyclic) bond motifs is 5. The SMILES string of the molecule is COC(=O)[C@]1(Cc2ccccc2)C2C3CCCC3C3C2C2C4C5C(CCC5C21)C(=O)C34Cc1ccccc1. The second-order valence-corrected chi connectivity index (χ2v) is 14.2. The summed E-state index contributed by atoms with van der Waals surface area (Å²) in [7, 11) is 1.64. The fourth-order valence-electron chi connectivity index (χ4n) is 13.7. The molecule has 196 valence electrons. The molecule has 3 heteroatoms. The van der Waals surface area contributed by atoms with Gasteiger partial charge in [0.15, 0.2) is 0 Å². The fourth-order valence-corrected chi connectivity index (χ4v) is 13.7. The molecule has 7 aliphatic carbocycles. The molecule has 0 N–H and O–H groups in total. The van der Waals surface area contributed by atoms with Crippen LogP contribution in [0.3, 0.4) is 0 Å². The molecule has 0 aliphatic heterocycles. The Morgan fingerprint density at radius 2 is 1.34 bits per heavy atom. The van der Waals surface area contributed by atoms with Gasteiger partial charge >= 0.3 is 5.97 Å². The maximum Gasteiger partial charge on any atom is 0.312 e. The number of benzene rings is 2. The topological polar surface area (TPSA) is 43.4 Å². The molecule has 2 aromatic rings. The fraction of sp³-hybridized carbons (Fsp3) is 0.600. The summed E-state index contributed by atoms with van der Waals surface area (Å²) in [5.41, 5.74) is 2.01. The van der Waals surface area contributed by atoms with Crippen LogP contribution in [0.4, 0.5) is 0 Å². The molecule has 0 heterocycles. The minimum Gasteiger partial charge on any atom is -0.469 e.